The van der Waals surface area contributed by atoms with Crippen molar-refractivity contribution in [2.24, 2.45) is 23.0 Å². The maximum atomic E-state index is 12.1. The van der Waals surface area contributed by atoms with Crippen LogP contribution in [0.1, 0.15) is 32.4 Å². The van der Waals surface area contributed by atoms with Gasteiger partial charge >= 0.3 is 12.1 Å². The summed E-state index contributed by atoms with van der Waals surface area (Å²) in [6, 6.07) is 10.2. The molecule has 1 aromatic carbocycles. The predicted molar refractivity (Wildman–Crippen MR) is 87.4 cm³/mol. The summed E-state index contributed by atoms with van der Waals surface area (Å²) in [6.07, 6.45) is -3.80. The molecule has 0 unspecified atom stereocenters. The zero-order chi connectivity index (χ0) is 18.7. The highest BCUT2D eigenvalue weighted by Gasteiger charge is 2.61. The molecular weight excluding hydrogens is 343 g/mol. The van der Waals surface area contributed by atoms with Crippen LogP contribution in [0, 0.1) is 17.3 Å². The van der Waals surface area contributed by atoms with Crippen molar-refractivity contribution in [3.8, 4) is 0 Å². The standard InChI is InChI=1S/C9H10ClF3O2.C8H11N/c1-8(2)4(6(8)7(14)15)3-5(10)9(11,12)13;1-7(9)8-5-3-2-4-6-8/h3-4,6H,1-2H3,(H,14,15);2-7H,9H2,1H3/t4-,6-;7-/m00/s1. The minimum Gasteiger partial charge on any atom is -0.481 e. The second kappa shape index (κ2) is 7.57. The van der Waals surface area contributed by atoms with Crippen LogP contribution >= 0.6 is 11.6 Å². The fraction of sp³-hybridized carbons (Fsp3) is 0.471. The van der Waals surface area contributed by atoms with Crippen LogP contribution in [0.5, 0.6) is 0 Å². The van der Waals surface area contributed by atoms with Crippen molar-refractivity contribution in [1.29, 1.82) is 0 Å². The van der Waals surface area contributed by atoms with E-state index in [0.717, 1.165) is 6.08 Å². The largest absolute Gasteiger partial charge is 0.481 e. The molecule has 3 N–H and O–H groups in total. The Bertz CT molecular complexity index is 598. The monoisotopic (exact) mass is 363 g/mol. The summed E-state index contributed by atoms with van der Waals surface area (Å²) in [5, 5.41) is 7.48. The molecule has 1 saturated carbocycles. The number of carboxylic acids is 1. The smallest absolute Gasteiger partial charge is 0.426 e. The Kier molecular flexibility index (Phi) is 6.47. The first-order valence-electron chi connectivity index (χ1n) is 7.37. The number of carbonyl (C=O) groups is 1. The molecule has 3 nitrogen and oxygen atoms in total. The molecule has 0 bridgehead atoms. The van der Waals surface area contributed by atoms with E-state index in [9.17, 15) is 18.0 Å². The molecule has 0 radical (unpaired) electrons. The molecule has 0 aromatic heterocycles. The summed E-state index contributed by atoms with van der Waals surface area (Å²) in [5.74, 6) is -2.52. The van der Waals surface area contributed by atoms with Crippen LogP contribution in [0.3, 0.4) is 0 Å². The van der Waals surface area contributed by atoms with Gasteiger partial charge in [-0.2, -0.15) is 13.2 Å². The lowest BCUT2D eigenvalue weighted by molar-refractivity contribution is -0.139. The fourth-order valence-electron chi connectivity index (χ4n) is 2.47. The molecule has 0 heterocycles. The van der Waals surface area contributed by atoms with Gasteiger partial charge < -0.3 is 10.8 Å². The third-order valence-corrected chi connectivity index (χ3v) is 4.44. The number of hydrogen-bond donors (Lipinski definition) is 2. The number of alkyl halides is 3. The van der Waals surface area contributed by atoms with Crippen molar-refractivity contribution in [2.45, 2.75) is 33.0 Å². The summed E-state index contributed by atoms with van der Waals surface area (Å²) in [6.45, 7) is 5.19. The van der Waals surface area contributed by atoms with Crippen LogP contribution in [0.2, 0.25) is 0 Å². The van der Waals surface area contributed by atoms with Crippen molar-refractivity contribution < 1.29 is 23.1 Å². The average molecular weight is 364 g/mol. The van der Waals surface area contributed by atoms with Crippen LogP contribution in [0.25, 0.3) is 0 Å². The van der Waals surface area contributed by atoms with E-state index >= 15 is 0 Å². The Morgan fingerprint density at radius 3 is 2.12 bits per heavy atom. The first-order chi connectivity index (χ1) is 10.9. The van der Waals surface area contributed by atoms with Gasteiger partial charge in [0, 0.05) is 6.04 Å². The molecule has 134 valence electrons. The summed E-state index contributed by atoms with van der Waals surface area (Å²) in [5.41, 5.74) is 6.15. The van der Waals surface area contributed by atoms with Crippen LogP contribution in [0.15, 0.2) is 41.4 Å². The van der Waals surface area contributed by atoms with Gasteiger partial charge in [-0.3, -0.25) is 4.79 Å². The normalized spacial score (nSPS) is 23.8. The van der Waals surface area contributed by atoms with Crippen LogP contribution < -0.4 is 5.73 Å². The van der Waals surface area contributed by atoms with Crippen molar-refractivity contribution in [3.05, 3.63) is 47.0 Å². The fourth-order valence-corrected chi connectivity index (χ4v) is 2.60. The number of rotatable bonds is 3. The molecule has 1 fully saturated rings. The average Bonchev–Trinajstić information content (AvgIpc) is 3.00. The first kappa shape index (κ1) is 20.5. The van der Waals surface area contributed by atoms with Gasteiger partial charge in [0.1, 0.15) is 5.03 Å². The second-order valence-electron chi connectivity index (χ2n) is 6.37. The van der Waals surface area contributed by atoms with E-state index in [1.807, 2.05) is 37.3 Å². The van der Waals surface area contributed by atoms with E-state index in [1.54, 1.807) is 13.8 Å². The van der Waals surface area contributed by atoms with Gasteiger partial charge in [0.05, 0.1) is 5.92 Å². The minimum absolute atomic E-state index is 0.159. The van der Waals surface area contributed by atoms with E-state index < -0.39 is 34.4 Å². The number of carboxylic acid groups (broad SMARTS) is 1. The number of hydrogen-bond acceptors (Lipinski definition) is 2. The Balaban J connectivity index is 0.000000272. The van der Waals surface area contributed by atoms with E-state index in [0.29, 0.717) is 0 Å². The summed E-state index contributed by atoms with van der Waals surface area (Å²) >= 11 is 5.03. The van der Waals surface area contributed by atoms with Crippen molar-refractivity contribution in [1.82, 2.24) is 0 Å². The maximum absolute atomic E-state index is 12.1. The molecule has 1 aliphatic rings. The van der Waals surface area contributed by atoms with Crippen LogP contribution in [-0.4, -0.2) is 17.3 Å². The lowest BCUT2D eigenvalue weighted by Gasteiger charge is -2.04. The highest BCUT2D eigenvalue weighted by atomic mass is 35.5. The summed E-state index contributed by atoms with van der Waals surface area (Å²) in [7, 11) is 0. The van der Waals surface area contributed by atoms with E-state index in [4.69, 9.17) is 22.4 Å². The highest BCUT2D eigenvalue weighted by Crippen LogP contribution is 2.60. The third kappa shape index (κ3) is 5.24. The van der Waals surface area contributed by atoms with Gasteiger partial charge in [0.2, 0.25) is 0 Å². The number of aliphatic carboxylic acids is 1. The topological polar surface area (TPSA) is 63.3 Å². The zero-order valence-electron chi connectivity index (χ0n) is 13.6. The van der Waals surface area contributed by atoms with Gasteiger partial charge in [-0.05, 0) is 23.8 Å². The Labute approximate surface area is 144 Å². The lowest BCUT2D eigenvalue weighted by Crippen LogP contribution is -2.07. The van der Waals surface area contributed by atoms with Crippen molar-refractivity contribution >= 4 is 17.6 Å². The molecule has 24 heavy (non-hydrogen) atoms. The van der Waals surface area contributed by atoms with E-state index in [-0.39, 0.29) is 6.04 Å². The molecule has 0 saturated heterocycles. The number of allylic oxidation sites excluding steroid dienone is 2. The predicted octanol–water partition coefficient (Wildman–Crippen LogP) is 4.73. The highest BCUT2D eigenvalue weighted by molar-refractivity contribution is 6.30. The van der Waals surface area contributed by atoms with Crippen molar-refractivity contribution in [3.63, 3.8) is 0 Å². The zero-order valence-corrected chi connectivity index (χ0v) is 14.4. The van der Waals surface area contributed by atoms with Gasteiger partial charge in [-0.25, -0.2) is 0 Å². The molecule has 7 heteroatoms. The van der Waals surface area contributed by atoms with E-state index in [2.05, 4.69) is 0 Å². The van der Waals surface area contributed by atoms with Gasteiger partial charge in [0.25, 0.3) is 0 Å². The van der Waals surface area contributed by atoms with Crippen LogP contribution in [-0.2, 0) is 4.79 Å². The van der Waals surface area contributed by atoms with Gasteiger partial charge in [0.15, 0.2) is 0 Å². The van der Waals surface area contributed by atoms with Crippen molar-refractivity contribution in [2.75, 3.05) is 0 Å². The Hall–Kier alpha value is -1.53. The second-order valence-corrected chi connectivity index (χ2v) is 6.78. The molecule has 1 aromatic rings. The number of nitrogens with two attached hydrogens (primary N) is 1. The molecule has 1 aliphatic carbocycles. The molecule has 3 atom stereocenters. The SMILES string of the molecule is CC1(C)[C@H](C(=O)O)[C@@H]1C=C(Cl)C(F)(F)F.C[C@H](N)c1ccccc1. The summed E-state index contributed by atoms with van der Waals surface area (Å²) in [4.78, 5) is 10.7. The molecule has 0 spiro atoms. The minimum atomic E-state index is -4.59. The van der Waals surface area contributed by atoms with Gasteiger partial charge in [-0.1, -0.05) is 61.9 Å². The van der Waals surface area contributed by atoms with E-state index in [1.165, 1.54) is 5.56 Å². The molecule has 0 aliphatic heterocycles. The van der Waals surface area contributed by atoms with Gasteiger partial charge in [-0.15, -0.1) is 0 Å². The van der Waals surface area contributed by atoms with Crippen LogP contribution in [0.4, 0.5) is 13.2 Å². The Morgan fingerprint density at radius 2 is 1.83 bits per heavy atom. The first-order valence-corrected chi connectivity index (χ1v) is 7.74. The molecule has 2 rings (SSSR count). The maximum Gasteiger partial charge on any atom is 0.426 e. The number of halogens is 4. The number of benzene rings is 1. The molecule has 0 amide bonds. The Morgan fingerprint density at radius 1 is 1.33 bits per heavy atom. The quantitative estimate of drug-likeness (QED) is 0.815. The summed E-state index contributed by atoms with van der Waals surface area (Å²) < 4.78 is 36.2. The molecular formula is C17H21ClF3NO2. The lowest BCUT2D eigenvalue weighted by atomic mass is 10.1. The third-order valence-electron chi connectivity index (χ3n) is 4.10.